The maximum absolute atomic E-state index is 5.78. The van der Waals surface area contributed by atoms with Crippen LogP contribution in [0.5, 0.6) is 5.75 Å². The molecule has 0 unspecified atom stereocenters. The molecule has 28 heavy (non-hydrogen) atoms. The van der Waals surface area contributed by atoms with Gasteiger partial charge in [0, 0.05) is 31.9 Å². The Morgan fingerprint density at radius 3 is 2.64 bits per heavy atom. The molecule has 1 aromatic heterocycles. The number of nitrogens with zero attached hydrogens (tertiary/aromatic N) is 2. The second-order valence-electron chi connectivity index (χ2n) is 7.00. The van der Waals surface area contributed by atoms with Crippen molar-refractivity contribution in [3.8, 4) is 5.75 Å². The number of furan rings is 1. The predicted molar refractivity (Wildman–Crippen MR) is 115 cm³/mol. The number of thiocarbonyl (C=S) groups is 1. The third kappa shape index (κ3) is 5.70. The maximum Gasteiger partial charge on any atom is 0.173 e. The summed E-state index contributed by atoms with van der Waals surface area (Å²) in [5.41, 5.74) is 2.07. The summed E-state index contributed by atoms with van der Waals surface area (Å²) < 4.78 is 16.5. The minimum atomic E-state index is 0.638. The zero-order valence-corrected chi connectivity index (χ0v) is 17.7. The first-order valence-corrected chi connectivity index (χ1v) is 10.0. The minimum absolute atomic E-state index is 0.638. The Bertz CT molecular complexity index is 787. The smallest absolute Gasteiger partial charge is 0.173 e. The zero-order chi connectivity index (χ0) is 19.9. The maximum atomic E-state index is 5.78. The van der Waals surface area contributed by atoms with Crippen molar-refractivity contribution in [3.63, 3.8) is 0 Å². The predicted octanol–water partition coefficient (Wildman–Crippen LogP) is 3.44. The number of hydrogen-bond donors (Lipinski definition) is 1. The Morgan fingerprint density at radius 2 is 2.00 bits per heavy atom. The van der Waals surface area contributed by atoms with Gasteiger partial charge in [-0.3, -0.25) is 4.90 Å². The Labute approximate surface area is 172 Å². The van der Waals surface area contributed by atoms with E-state index in [1.807, 2.05) is 44.2 Å². The van der Waals surface area contributed by atoms with E-state index in [1.54, 1.807) is 7.11 Å². The van der Waals surface area contributed by atoms with Crippen molar-refractivity contribution in [2.45, 2.75) is 20.4 Å². The number of hydrogen-bond acceptors (Lipinski definition) is 5. The monoisotopic (exact) mass is 403 g/mol. The molecule has 1 fully saturated rings. The molecular formula is C21H29N3O3S. The molecule has 1 aliphatic rings. The second kappa shape index (κ2) is 9.91. The van der Waals surface area contributed by atoms with Crippen LogP contribution in [0, 0.1) is 13.8 Å². The van der Waals surface area contributed by atoms with Gasteiger partial charge in [0.15, 0.2) is 5.11 Å². The van der Waals surface area contributed by atoms with E-state index in [4.69, 9.17) is 26.1 Å². The molecule has 0 bridgehead atoms. The highest BCUT2D eigenvalue weighted by Gasteiger charge is 2.17. The van der Waals surface area contributed by atoms with Gasteiger partial charge >= 0.3 is 0 Å². The molecule has 0 radical (unpaired) electrons. The quantitative estimate of drug-likeness (QED) is 0.711. The third-order valence-corrected chi connectivity index (χ3v) is 5.26. The van der Waals surface area contributed by atoms with Crippen LogP contribution in [-0.4, -0.2) is 61.4 Å². The van der Waals surface area contributed by atoms with Gasteiger partial charge in [-0.15, -0.1) is 0 Å². The number of aryl methyl sites for hydroxylation is 2. The van der Waals surface area contributed by atoms with Gasteiger partial charge in [0.1, 0.15) is 17.3 Å². The van der Waals surface area contributed by atoms with Crippen LogP contribution in [0.1, 0.15) is 17.1 Å². The normalized spacial score (nSPS) is 14.7. The summed E-state index contributed by atoms with van der Waals surface area (Å²) in [6.45, 7) is 9.92. The number of benzene rings is 1. The third-order valence-electron chi connectivity index (χ3n) is 4.89. The van der Waals surface area contributed by atoms with Crippen LogP contribution in [0.4, 0.5) is 5.69 Å². The van der Waals surface area contributed by atoms with Crippen LogP contribution in [0.3, 0.4) is 0 Å². The van der Waals surface area contributed by atoms with E-state index < -0.39 is 0 Å². The van der Waals surface area contributed by atoms with Crippen LogP contribution < -0.4 is 10.1 Å². The van der Waals surface area contributed by atoms with Crippen molar-refractivity contribution >= 4 is 23.0 Å². The van der Waals surface area contributed by atoms with Crippen LogP contribution >= 0.6 is 12.2 Å². The van der Waals surface area contributed by atoms with Crippen LogP contribution in [0.2, 0.25) is 0 Å². The fourth-order valence-corrected chi connectivity index (χ4v) is 3.46. The molecule has 1 aliphatic heterocycles. The van der Waals surface area contributed by atoms with Crippen molar-refractivity contribution in [2.75, 3.05) is 51.8 Å². The Kier molecular flexibility index (Phi) is 7.30. The standard InChI is InChI=1S/C21H29N3O3S/c1-16-14-18(25-3)6-7-20(16)22-21(28)24(15-19-5-4-17(2)27-19)9-8-23-10-12-26-13-11-23/h4-7,14H,8-13,15H2,1-3H3,(H,22,28). The number of rotatable bonds is 7. The van der Waals surface area contributed by atoms with Crippen molar-refractivity contribution in [1.29, 1.82) is 0 Å². The van der Waals surface area contributed by atoms with E-state index in [1.165, 1.54) is 0 Å². The minimum Gasteiger partial charge on any atom is -0.497 e. The lowest BCUT2D eigenvalue weighted by Crippen LogP contribution is -2.44. The van der Waals surface area contributed by atoms with E-state index in [2.05, 4.69) is 15.1 Å². The lowest BCUT2D eigenvalue weighted by atomic mass is 10.2. The van der Waals surface area contributed by atoms with E-state index in [9.17, 15) is 0 Å². The van der Waals surface area contributed by atoms with Gasteiger partial charge in [-0.2, -0.15) is 0 Å². The summed E-state index contributed by atoms with van der Waals surface area (Å²) in [7, 11) is 1.67. The summed E-state index contributed by atoms with van der Waals surface area (Å²) in [5.74, 6) is 2.66. The molecule has 3 rings (SSSR count). The summed E-state index contributed by atoms with van der Waals surface area (Å²) in [6.07, 6.45) is 0. The SMILES string of the molecule is COc1ccc(NC(=S)N(CCN2CCOCC2)Cc2ccc(C)o2)c(C)c1. The molecule has 0 spiro atoms. The van der Waals surface area contributed by atoms with Crippen LogP contribution in [0.25, 0.3) is 0 Å². The first kappa shape index (κ1) is 20.6. The first-order chi connectivity index (χ1) is 13.5. The molecule has 6 nitrogen and oxygen atoms in total. The van der Waals surface area contributed by atoms with Crippen molar-refractivity contribution in [2.24, 2.45) is 0 Å². The van der Waals surface area contributed by atoms with Crippen LogP contribution in [-0.2, 0) is 11.3 Å². The Hall–Kier alpha value is -2.09. The molecule has 7 heteroatoms. The van der Waals surface area contributed by atoms with Gasteiger partial charge in [0.2, 0.25) is 0 Å². The molecule has 0 atom stereocenters. The average Bonchev–Trinajstić information content (AvgIpc) is 3.12. The molecule has 2 heterocycles. The largest absolute Gasteiger partial charge is 0.497 e. The molecule has 1 aromatic carbocycles. The molecule has 0 amide bonds. The molecule has 152 valence electrons. The second-order valence-corrected chi connectivity index (χ2v) is 7.39. The van der Waals surface area contributed by atoms with E-state index >= 15 is 0 Å². The highest BCUT2D eigenvalue weighted by Crippen LogP contribution is 2.22. The molecule has 1 saturated heterocycles. The summed E-state index contributed by atoms with van der Waals surface area (Å²) in [6, 6.07) is 9.93. The number of ether oxygens (including phenoxy) is 2. The number of methoxy groups -OCH3 is 1. The van der Waals surface area contributed by atoms with Crippen molar-refractivity contribution in [1.82, 2.24) is 9.80 Å². The van der Waals surface area contributed by atoms with E-state index in [0.717, 1.165) is 67.9 Å². The lowest BCUT2D eigenvalue weighted by Gasteiger charge is -2.31. The van der Waals surface area contributed by atoms with Crippen molar-refractivity contribution < 1.29 is 13.9 Å². The fourth-order valence-electron chi connectivity index (χ4n) is 3.20. The van der Waals surface area contributed by atoms with Gasteiger partial charge in [-0.25, -0.2) is 0 Å². The molecule has 1 N–H and O–H groups in total. The molecule has 0 saturated carbocycles. The van der Waals surface area contributed by atoms with Gasteiger partial charge in [0.25, 0.3) is 0 Å². The zero-order valence-electron chi connectivity index (χ0n) is 16.9. The first-order valence-electron chi connectivity index (χ1n) is 9.61. The number of nitrogens with one attached hydrogen (secondary N) is 1. The Balaban J connectivity index is 1.67. The van der Waals surface area contributed by atoms with Gasteiger partial charge in [-0.1, -0.05) is 0 Å². The highest BCUT2D eigenvalue weighted by atomic mass is 32.1. The van der Waals surface area contributed by atoms with Crippen LogP contribution in [0.15, 0.2) is 34.7 Å². The van der Waals surface area contributed by atoms with Crippen molar-refractivity contribution in [3.05, 3.63) is 47.4 Å². The molecular weight excluding hydrogens is 374 g/mol. The summed E-state index contributed by atoms with van der Waals surface area (Å²) in [5, 5.41) is 4.08. The highest BCUT2D eigenvalue weighted by molar-refractivity contribution is 7.80. The van der Waals surface area contributed by atoms with Gasteiger partial charge in [-0.05, 0) is 62.0 Å². The van der Waals surface area contributed by atoms with E-state index in [0.29, 0.717) is 11.7 Å². The topological polar surface area (TPSA) is 50.1 Å². The average molecular weight is 404 g/mol. The summed E-state index contributed by atoms with van der Waals surface area (Å²) >= 11 is 5.75. The summed E-state index contributed by atoms with van der Waals surface area (Å²) in [4.78, 5) is 4.57. The van der Waals surface area contributed by atoms with Gasteiger partial charge < -0.3 is 24.1 Å². The molecule has 0 aliphatic carbocycles. The fraction of sp³-hybridized carbons (Fsp3) is 0.476. The van der Waals surface area contributed by atoms with E-state index in [-0.39, 0.29) is 0 Å². The lowest BCUT2D eigenvalue weighted by molar-refractivity contribution is 0.0356. The van der Waals surface area contributed by atoms with Gasteiger partial charge in [0.05, 0.1) is 26.9 Å². The number of morpholine rings is 1. The molecule has 2 aromatic rings. The Morgan fingerprint density at radius 1 is 1.21 bits per heavy atom. The number of anilines is 1.